The van der Waals surface area contributed by atoms with E-state index in [1.165, 1.54) is 0 Å². The zero-order chi connectivity index (χ0) is 12.8. The molecule has 1 heterocycles. The molecule has 0 bridgehead atoms. The standard InChI is InChI=1S/C14H15N3O/c15-12-5-3-4-11(8-12)14(18)10-16-9-13-6-1-2-7-17-13/h1-8,16H,9-10,15H2. The zero-order valence-corrected chi connectivity index (χ0v) is 9.97. The van der Waals surface area contributed by atoms with Gasteiger partial charge >= 0.3 is 0 Å². The number of aromatic nitrogens is 1. The molecule has 2 aromatic rings. The van der Waals surface area contributed by atoms with E-state index in [2.05, 4.69) is 10.3 Å². The smallest absolute Gasteiger partial charge is 0.176 e. The first-order valence-corrected chi connectivity index (χ1v) is 5.75. The number of nitrogens with two attached hydrogens (primary N) is 1. The van der Waals surface area contributed by atoms with E-state index in [1.807, 2.05) is 18.2 Å². The highest BCUT2D eigenvalue weighted by Crippen LogP contribution is 2.06. The molecule has 0 aliphatic heterocycles. The van der Waals surface area contributed by atoms with Crippen molar-refractivity contribution in [1.82, 2.24) is 10.3 Å². The van der Waals surface area contributed by atoms with Crippen molar-refractivity contribution < 1.29 is 4.79 Å². The van der Waals surface area contributed by atoms with Crippen molar-refractivity contribution >= 4 is 11.5 Å². The number of nitrogen functional groups attached to an aromatic ring is 1. The summed E-state index contributed by atoms with van der Waals surface area (Å²) in [4.78, 5) is 16.0. The number of nitrogens with zero attached hydrogens (tertiary/aromatic N) is 1. The van der Waals surface area contributed by atoms with Crippen LogP contribution < -0.4 is 11.1 Å². The van der Waals surface area contributed by atoms with Crippen molar-refractivity contribution in [3.05, 3.63) is 59.9 Å². The van der Waals surface area contributed by atoms with E-state index in [4.69, 9.17) is 5.73 Å². The van der Waals surface area contributed by atoms with E-state index in [-0.39, 0.29) is 12.3 Å². The molecule has 92 valence electrons. The number of benzene rings is 1. The Morgan fingerprint density at radius 1 is 1.22 bits per heavy atom. The van der Waals surface area contributed by atoms with Gasteiger partial charge in [-0.15, -0.1) is 0 Å². The summed E-state index contributed by atoms with van der Waals surface area (Å²) in [7, 11) is 0. The summed E-state index contributed by atoms with van der Waals surface area (Å²) >= 11 is 0. The largest absolute Gasteiger partial charge is 0.399 e. The Morgan fingerprint density at radius 2 is 2.11 bits per heavy atom. The van der Waals surface area contributed by atoms with Crippen LogP contribution in [0.2, 0.25) is 0 Å². The summed E-state index contributed by atoms with van der Waals surface area (Å²) in [5, 5.41) is 3.07. The summed E-state index contributed by atoms with van der Waals surface area (Å²) in [6.07, 6.45) is 1.73. The molecule has 0 unspecified atom stereocenters. The van der Waals surface area contributed by atoms with Gasteiger partial charge < -0.3 is 11.1 Å². The van der Waals surface area contributed by atoms with Crippen LogP contribution in [0.1, 0.15) is 16.1 Å². The van der Waals surface area contributed by atoms with Gasteiger partial charge in [0.25, 0.3) is 0 Å². The SMILES string of the molecule is Nc1cccc(C(=O)CNCc2ccccn2)c1. The maximum Gasteiger partial charge on any atom is 0.176 e. The highest BCUT2D eigenvalue weighted by Gasteiger charge is 2.05. The molecule has 3 N–H and O–H groups in total. The Morgan fingerprint density at radius 3 is 2.83 bits per heavy atom. The van der Waals surface area contributed by atoms with E-state index < -0.39 is 0 Å². The van der Waals surface area contributed by atoms with Crippen LogP contribution in [0.3, 0.4) is 0 Å². The average molecular weight is 241 g/mol. The molecule has 18 heavy (non-hydrogen) atoms. The zero-order valence-electron chi connectivity index (χ0n) is 9.97. The third kappa shape index (κ3) is 3.40. The first kappa shape index (κ1) is 12.3. The number of rotatable bonds is 5. The van der Waals surface area contributed by atoms with Crippen LogP contribution in [0.15, 0.2) is 48.7 Å². The lowest BCUT2D eigenvalue weighted by Crippen LogP contribution is -2.23. The van der Waals surface area contributed by atoms with E-state index in [1.54, 1.807) is 30.5 Å². The molecule has 1 aromatic carbocycles. The highest BCUT2D eigenvalue weighted by atomic mass is 16.1. The van der Waals surface area contributed by atoms with Gasteiger partial charge in [0.1, 0.15) is 0 Å². The van der Waals surface area contributed by atoms with Crippen molar-refractivity contribution in [2.24, 2.45) is 0 Å². The molecule has 0 saturated carbocycles. The third-order valence-electron chi connectivity index (χ3n) is 2.53. The number of nitrogens with one attached hydrogen (secondary N) is 1. The lowest BCUT2D eigenvalue weighted by atomic mass is 10.1. The summed E-state index contributed by atoms with van der Waals surface area (Å²) in [5.41, 5.74) is 7.78. The predicted molar refractivity (Wildman–Crippen MR) is 71.1 cm³/mol. The number of anilines is 1. The lowest BCUT2D eigenvalue weighted by molar-refractivity contribution is 0.0990. The van der Waals surface area contributed by atoms with Crippen LogP contribution >= 0.6 is 0 Å². The van der Waals surface area contributed by atoms with Crippen LogP contribution in [0.25, 0.3) is 0 Å². The minimum Gasteiger partial charge on any atom is -0.399 e. The van der Waals surface area contributed by atoms with Gasteiger partial charge in [0, 0.05) is 24.0 Å². The van der Waals surface area contributed by atoms with Crippen LogP contribution in [-0.4, -0.2) is 17.3 Å². The van der Waals surface area contributed by atoms with Crippen LogP contribution in [-0.2, 0) is 6.54 Å². The van der Waals surface area contributed by atoms with Gasteiger partial charge in [-0.25, -0.2) is 0 Å². The Balaban J connectivity index is 1.86. The number of hydrogen-bond donors (Lipinski definition) is 2. The fraction of sp³-hybridized carbons (Fsp3) is 0.143. The molecule has 0 radical (unpaired) electrons. The molecule has 0 atom stereocenters. The van der Waals surface area contributed by atoms with Gasteiger partial charge in [0.2, 0.25) is 0 Å². The van der Waals surface area contributed by atoms with Crippen molar-refractivity contribution in [3.63, 3.8) is 0 Å². The monoisotopic (exact) mass is 241 g/mol. The first-order chi connectivity index (χ1) is 8.75. The number of Topliss-reactive ketones (excluding diaryl/α,β-unsaturated/α-hetero) is 1. The molecular weight excluding hydrogens is 226 g/mol. The van der Waals surface area contributed by atoms with E-state index in [0.717, 1.165) is 5.69 Å². The molecule has 0 spiro atoms. The van der Waals surface area contributed by atoms with Crippen molar-refractivity contribution in [2.75, 3.05) is 12.3 Å². The fourth-order valence-corrected chi connectivity index (χ4v) is 1.62. The highest BCUT2D eigenvalue weighted by molar-refractivity contribution is 5.98. The van der Waals surface area contributed by atoms with Crippen LogP contribution in [0.5, 0.6) is 0 Å². The summed E-state index contributed by atoms with van der Waals surface area (Å²) < 4.78 is 0. The molecule has 0 amide bonds. The molecule has 0 aliphatic rings. The van der Waals surface area contributed by atoms with Gasteiger partial charge in [-0.05, 0) is 24.3 Å². The number of hydrogen-bond acceptors (Lipinski definition) is 4. The predicted octanol–water partition coefficient (Wildman–Crippen LogP) is 1.64. The molecule has 2 rings (SSSR count). The van der Waals surface area contributed by atoms with Gasteiger partial charge in [0.05, 0.1) is 12.2 Å². The number of carbonyl (C=O) groups is 1. The Bertz CT molecular complexity index is 526. The lowest BCUT2D eigenvalue weighted by Gasteiger charge is -2.04. The van der Waals surface area contributed by atoms with E-state index >= 15 is 0 Å². The Hall–Kier alpha value is -2.20. The second kappa shape index (κ2) is 5.93. The first-order valence-electron chi connectivity index (χ1n) is 5.75. The quantitative estimate of drug-likeness (QED) is 0.616. The molecule has 1 aromatic heterocycles. The van der Waals surface area contributed by atoms with Gasteiger partial charge in [-0.1, -0.05) is 18.2 Å². The molecule has 0 fully saturated rings. The minimum atomic E-state index is 0.0261. The molecular formula is C14H15N3O. The summed E-state index contributed by atoms with van der Waals surface area (Å²) in [6.45, 7) is 0.856. The molecule has 4 heteroatoms. The molecule has 4 nitrogen and oxygen atoms in total. The second-order valence-corrected chi connectivity index (χ2v) is 3.97. The third-order valence-corrected chi connectivity index (χ3v) is 2.53. The van der Waals surface area contributed by atoms with Crippen molar-refractivity contribution in [1.29, 1.82) is 0 Å². The van der Waals surface area contributed by atoms with Crippen molar-refractivity contribution in [2.45, 2.75) is 6.54 Å². The Kier molecular flexibility index (Phi) is 4.04. The fourth-order valence-electron chi connectivity index (χ4n) is 1.62. The van der Waals surface area contributed by atoms with E-state index in [9.17, 15) is 4.79 Å². The normalized spacial score (nSPS) is 10.2. The molecule has 0 aliphatic carbocycles. The van der Waals surface area contributed by atoms with Crippen LogP contribution in [0.4, 0.5) is 5.69 Å². The summed E-state index contributed by atoms with van der Waals surface area (Å²) in [5.74, 6) is 0.0261. The Labute approximate surface area is 106 Å². The maximum absolute atomic E-state index is 11.8. The number of pyridine rings is 1. The topological polar surface area (TPSA) is 68.0 Å². The van der Waals surface area contributed by atoms with Gasteiger partial charge in [-0.3, -0.25) is 9.78 Å². The number of ketones is 1. The molecule has 0 saturated heterocycles. The maximum atomic E-state index is 11.8. The average Bonchev–Trinajstić information content (AvgIpc) is 2.40. The van der Waals surface area contributed by atoms with Crippen molar-refractivity contribution in [3.8, 4) is 0 Å². The van der Waals surface area contributed by atoms with E-state index in [0.29, 0.717) is 17.8 Å². The number of carbonyl (C=O) groups excluding carboxylic acids is 1. The van der Waals surface area contributed by atoms with Crippen LogP contribution in [0, 0.1) is 0 Å². The van der Waals surface area contributed by atoms with Gasteiger partial charge in [-0.2, -0.15) is 0 Å². The summed E-state index contributed by atoms with van der Waals surface area (Å²) in [6, 6.07) is 12.7. The minimum absolute atomic E-state index is 0.0261. The van der Waals surface area contributed by atoms with Gasteiger partial charge in [0.15, 0.2) is 5.78 Å². The second-order valence-electron chi connectivity index (χ2n) is 3.97.